The lowest BCUT2D eigenvalue weighted by Gasteiger charge is -2.14. The van der Waals surface area contributed by atoms with Gasteiger partial charge in [-0.15, -0.1) is 0 Å². The van der Waals surface area contributed by atoms with Crippen LogP contribution in [-0.4, -0.2) is 12.2 Å². The number of hydrogen-bond acceptors (Lipinski definition) is 2. The normalized spacial score (nSPS) is 10.1. The van der Waals surface area contributed by atoms with Crippen molar-refractivity contribution in [2.45, 2.75) is 6.92 Å². The van der Waals surface area contributed by atoms with Crippen molar-refractivity contribution in [2.24, 2.45) is 0 Å². The molecule has 0 bridgehead atoms. The summed E-state index contributed by atoms with van der Waals surface area (Å²) >= 11 is 11.1. The zero-order valence-electron chi connectivity index (χ0n) is 11.5. The number of nitrogens with one attached hydrogen (secondary N) is 2. The standard InChI is InChI=1S/C15H14ClFN2OS/c1-9-3-5-12(11(17)7-9)18-15(21)19-13-8-10(16)4-6-14(13)20-2/h3-8H,1-2H3,(H2,18,19,21). The maximum Gasteiger partial charge on any atom is 0.175 e. The third-order valence-corrected chi connectivity index (χ3v) is 3.22. The van der Waals surface area contributed by atoms with Crippen LogP contribution in [0, 0.1) is 12.7 Å². The molecule has 0 fully saturated rings. The first-order valence-corrected chi connectivity index (χ1v) is 6.96. The highest BCUT2D eigenvalue weighted by molar-refractivity contribution is 7.80. The van der Waals surface area contributed by atoms with Gasteiger partial charge in [-0.1, -0.05) is 17.7 Å². The molecule has 2 N–H and O–H groups in total. The van der Waals surface area contributed by atoms with E-state index >= 15 is 0 Å². The van der Waals surface area contributed by atoms with Crippen molar-refractivity contribution in [3.63, 3.8) is 0 Å². The van der Waals surface area contributed by atoms with Crippen molar-refractivity contribution in [1.29, 1.82) is 0 Å². The number of rotatable bonds is 3. The number of methoxy groups -OCH3 is 1. The van der Waals surface area contributed by atoms with E-state index in [-0.39, 0.29) is 10.9 Å². The molecule has 0 aromatic heterocycles. The van der Waals surface area contributed by atoms with Crippen molar-refractivity contribution >= 4 is 40.3 Å². The molecule has 0 saturated carbocycles. The number of hydrogen-bond donors (Lipinski definition) is 2. The van der Waals surface area contributed by atoms with Gasteiger partial charge in [-0.05, 0) is 55.0 Å². The van der Waals surface area contributed by atoms with E-state index in [9.17, 15) is 4.39 Å². The van der Waals surface area contributed by atoms with Crippen molar-refractivity contribution in [3.05, 3.63) is 52.8 Å². The molecule has 2 aromatic carbocycles. The molecule has 0 aliphatic heterocycles. The highest BCUT2D eigenvalue weighted by atomic mass is 35.5. The maximum absolute atomic E-state index is 13.8. The van der Waals surface area contributed by atoms with E-state index in [1.165, 1.54) is 6.07 Å². The fourth-order valence-electron chi connectivity index (χ4n) is 1.78. The van der Waals surface area contributed by atoms with Gasteiger partial charge in [0, 0.05) is 5.02 Å². The van der Waals surface area contributed by atoms with Gasteiger partial charge >= 0.3 is 0 Å². The van der Waals surface area contributed by atoms with Gasteiger partial charge in [-0.25, -0.2) is 4.39 Å². The first-order valence-electron chi connectivity index (χ1n) is 6.17. The van der Waals surface area contributed by atoms with E-state index in [4.69, 9.17) is 28.6 Å². The van der Waals surface area contributed by atoms with Gasteiger partial charge in [0.05, 0.1) is 18.5 Å². The van der Waals surface area contributed by atoms with Gasteiger partial charge in [-0.3, -0.25) is 0 Å². The molecule has 0 atom stereocenters. The van der Waals surface area contributed by atoms with Crippen molar-refractivity contribution in [1.82, 2.24) is 0 Å². The molecular formula is C15H14ClFN2OS. The van der Waals surface area contributed by atoms with Crippen LogP contribution in [0.15, 0.2) is 36.4 Å². The predicted octanol–water partition coefficient (Wildman–Crippen LogP) is 4.61. The lowest BCUT2D eigenvalue weighted by atomic mass is 10.2. The average Bonchev–Trinajstić information content (AvgIpc) is 2.42. The number of anilines is 2. The van der Waals surface area contributed by atoms with Gasteiger partial charge in [0.2, 0.25) is 0 Å². The summed E-state index contributed by atoms with van der Waals surface area (Å²) in [6.45, 7) is 1.82. The van der Waals surface area contributed by atoms with Crippen LogP contribution in [0.25, 0.3) is 0 Å². The van der Waals surface area contributed by atoms with Crippen molar-refractivity contribution in [2.75, 3.05) is 17.7 Å². The minimum atomic E-state index is -0.364. The molecule has 2 rings (SSSR count). The van der Waals surface area contributed by atoms with Crippen LogP contribution in [0.1, 0.15) is 5.56 Å². The minimum absolute atomic E-state index is 0.248. The molecule has 0 amide bonds. The van der Waals surface area contributed by atoms with Gasteiger partial charge in [0.1, 0.15) is 11.6 Å². The first kappa shape index (κ1) is 15.5. The minimum Gasteiger partial charge on any atom is -0.495 e. The molecule has 21 heavy (non-hydrogen) atoms. The summed E-state index contributed by atoms with van der Waals surface area (Å²) < 4.78 is 19.0. The molecule has 0 radical (unpaired) electrons. The van der Waals surface area contributed by atoms with Crippen LogP contribution >= 0.6 is 23.8 Å². The van der Waals surface area contributed by atoms with Gasteiger partial charge < -0.3 is 15.4 Å². The van der Waals surface area contributed by atoms with Crippen LogP contribution in [0.2, 0.25) is 5.02 Å². The number of aryl methyl sites for hydroxylation is 1. The Balaban J connectivity index is 2.13. The average molecular weight is 325 g/mol. The Labute approximate surface area is 133 Å². The summed E-state index contributed by atoms with van der Waals surface area (Å²) in [6.07, 6.45) is 0. The Bertz CT molecular complexity index is 679. The monoisotopic (exact) mass is 324 g/mol. The third-order valence-electron chi connectivity index (χ3n) is 2.78. The lowest BCUT2D eigenvalue weighted by molar-refractivity contribution is 0.417. The van der Waals surface area contributed by atoms with Crippen molar-refractivity contribution < 1.29 is 9.13 Å². The van der Waals surface area contributed by atoms with E-state index in [0.29, 0.717) is 22.1 Å². The van der Waals surface area contributed by atoms with Crippen LogP contribution in [-0.2, 0) is 0 Å². The Kier molecular flexibility index (Phi) is 4.98. The molecule has 110 valence electrons. The molecule has 6 heteroatoms. The maximum atomic E-state index is 13.8. The molecule has 0 saturated heterocycles. The predicted molar refractivity (Wildman–Crippen MR) is 89.0 cm³/mol. The van der Waals surface area contributed by atoms with Gasteiger partial charge in [0.15, 0.2) is 5.11 Å². The topological polar surface area (TPSA) is 33.3 Å². The lowest BCUT2D eigenvalue weighted by Crippen LogP contribution is -2.20. The Morgan fingerprint density at radius 1 is 1.14 bits per heavy atom. The highest BCUT2D eigenvalue weighted by Gasteiger charge is 2.08. The number of thiocarbonyl (C=S) groups is 1. The fraction of sp³-hybridized carbons (Fsp3) is 0.133. The fourth-order valence-corrected chi connectivity index (χ4v) is 2.17. The Morgan fingerprint density at radius 2 is 1.86 bits per heavy atom. The number of halogens is 2. The van der Waals surface area contributed by atoms with E-state index < -0.39 is 0 Å². The molecule has 3 nitrogen and oxygen atoms in total. The molecule has 0 spiro atoms. The van der Waals surface area contributed by atoms with Gasteiger partial charge in [-0.2, -0.15) is 0 Å². The van der Waals surface area contributed by atoms with Crippen LogP contribution in [0.3, 0.4) is 0 Å². The van der Waals surface area contributed by atoms with Crippen LogP contribution in [0.4, 0.5) is 15.8 Å². The van der Waals surface area contributed by atoms with Crippen LogP contribution < -0.4 is 15.4 Å². The largest absolute Gasteiger partial charge is 0.495 e. The highest BCUT2D eigenvalue weighted by Crippen LogP contribution is 2.28. The SMILES string of the molecule is COc1ccc(Cl)cc1NC(=S)Nc1ccc(C)cc1F. The first-order chi connectivity index (χ1) is 9.99. The second kappa shape index (κ2) is 6.74. The summed E-state index contributed by atoms with van der Waals surface area (Å²) in [7, 11) is 1.55. The van der Waals surface area contributed by atoms with E-state index in [1.807, 2.05) is 6.92 Å². The third kappa shape index (κ3) is 4.06. The summed E-state index contributed by atoms with van der Waals surface area (Å²) in [5.74, 6) is 0.227. The Hall–Kier alpha value is -1.85. The van der Waals surface area contributed by atoms with E-state index in [1.54, 1.807) is 37.4 Å². The zero-order valence-corrected chi connectivity index (χ0v) is 13.1. The van der Waals surface area contributed by atoms with Crippen molar-refractivity contribution in [3.8, 4) is 5.75 Å². The summed E-state index contributed by atoms with van der Waals surface area (Å²) in [6, 6.07) is 9.98. The summed E-state index contributed by atoms with van der Waals surface area (Å²) in [5, 5.41) is 6.53. The molecular weight excluding hydrogens is 311 g/mol. The molecule has 0 heterocycles. The van der Waals surface area contributed by atoms with Gasteiger partial charge in [0.25, 0.3) is 0 Å². The zero-order chi connectivity index (χ0) is 15.4. The number of ether oxygens (including phenoxy) is 1. The van der Waals surface area contributed by atoms with Crippen LogP contribution in [0.5, 0.6) is 5.75 Å². The Morgan fingerprint density at radius 3 is 2.52 bits per heavy atom. The summed E-state index contributed by atoms with van der Waals surface area (Å²) in [4.78, 5) is 0. The smallest absolute Gasteiger partial charge is 0.175 e. The summed E-state index contributed by atoms with van der Waals surface area (Å²) in [5.41, 5.74) is 1.75. The second-order valence-corrected chi connectivity index (χ2v) is 5.25. The number of benzene rings is 2. The quantitative estimate of drug-likeness (QED) is 0.808. The molecule has 0 aliphatic carbocycles. The second-order valence-electron chi connectivity index (χ2n) is 4.41. The van der Waals surface area contributed by atoms with E-state index in [0.717, 1.165) is 5.56 Å². The molecule has 0 aliphatic rings. The van der Waals surface area contributed by atoms with E-state index in [2.05, 4.69) is 10.6 Å². The molecule has 0 unspecified atom stereocenters. The molecule has 2 aromatic rings.